The van der Waals surface area contributed by atoms with Gasteiger partial charge in [-0.1, -0.05) is 91.0 Å². The van der Waals surface area contributed by atoms with Crippen molar-refractivity contribution in [3.8, 4) is 0 Å². The number of hydrogen-bond donors (Lipinski definition) is 1. The Hall–Kier alpha value is -2.27. The Kier molecular flexibility index (Phi) is 8.75. The summed E-state index contributed by atoms with van der Waals surface area (Å²) in [5.41, 5.74) is 7.10. The first-order valence-electron chi connectivity index (χ1n) is 10.2. The number of rotatable bonds is 7. The van der Waals surface area contributed by atoms with E-state index in [2.05, 4.69) is 78.5 Å². The average Bonchev–Trinajstić information content (AvgIpc) is 2.75. The Morgan fingerprint density at radius 3 is 1.48 bits per heavy atom. The molecule has 0 aliphatic heterocycles. The van der Waals surface area contributed by atoms with Crippen molar-refractivity contribution in [3.05, 3.63) is 108 Å². The summed E-state index contributed by atoms with van der Waals surface area (Å²) in [7, 11) is 0. The summed E-state index contributed by atoms with van der Waals surface area (Å²) in [6, 6.07) is 30.9. The summed E-state index contributed by atoms with van der Waals surface area (Å²) in [6.45, 7) is 5.65. The van der Waals surface area contributed by atoms with Gasteiger partial charge in [0.2, 0.25) is 0 Å². The van der Waals surface area contributed by atoms with E-state index in [0.717, 1.165) is 0 Å². The zero-order chi connectivity index (χ0) is 21.6. The molecular formula is C26H30ClNO2S. The van der Waals surface area contributed by atoms with E-state index in [1.165, 1.54) is 16.7 Å². The number of esters is 1. The number of hydrogen-bond acceptors (Lipinski definition) is 3. The number of carbonyl (C=O) groups excluding carboxylic acids is 1. The van der Waals surface area contributed by atoms with Crippen molar-refractivity contribution >= 4 is 17.7 Å². The van der Waals surface area contributed by atoms with Crippen LogP contribution in [-0.2, 0) is 14.3 Å². The SMILES string of the molecule is CC(C)(C)OC(=O)[C@H]([NH3+])CSC(c1ccccc1)(c1ccccc1)c1ccccc1.[Cl-]. The first-order valence-corrected chi connectivity index (χ1v) is 11.2. The van der Waals surface area contributed by atoms with Gasteiger partial charge in [0.15, 0.2) is 6.04 Å². The van der Waals surface area contributed by atoms with E-state index >= 15 is 0 Å². The second-order valence-corrected chi connectivity index (χ2v) is 9.56. The second kappa shape index (κ2) is 10.9. The van der Waals surface area contributed by atoms with Crippen molar-refractivity contribution in [2.45, 2.75) is 37.2 Å². The Bertz CT molecular complexity index is 847. The van der Waals surface area contributed by atoms with Crippen LogP contribution in [0.1, 0.15) is 37.5 Å². The summed E-state index contributed by atoms with van der Waals surface area (Å²) in [5.74, 6) is 0.270. The average molecular weight is 456 g/mol. The maximum atomic E-state index is 12.6. The largest absolute Gasteiger partial charge is 1.00 e. The molecule has 0 spiro atoms. The Labute approximate surface area is 195 Å². The fourth-order valence-corrected chi connectivity index (χ4v) is 4.94. The van der Waals surface area contributed by atoms with E-state index in [9.17, 15) is 4.79 Å². The molecule has 5 heteroatoms. The van der Waals surface area contributed by atoms with Crippen LogP contribution in [0.15, 0.2) is 91.0 Å². The molecule has 0 bridgehead atoms. The smallest absolute Gasteiger partial charge is 0.366 e. The van der Waals surface area contributed by atoms with E-state index in [1.54, 1.807) is 11.8 Å². The van der Waals surface area contributed by atoms with Crippen LogP contribution in [0.3, 0.4) is 0 Å². The third-order valence-electron chi connectivity index (χ3n) is 4.78. The van der Waals surface area contributed by atoms with Crippen LogP contribution in [0, 0.1) is 0 Å². The molecule has 3 rings (SSSR count). The summed E-state index contributed by atoms with van der Waals surface area (Å²) >= 11 is 1.73. The van der Waals surface area contributed by atoms with E-state index in [1.807, 2.05) is 39.0 Å². The Balaban J connectivity index is 0.00000341. The monoisotopic (exact) mass is 455 g/mol. The van der Waals surface area contributed by atoms with Gasteiger partial charge in [-0.25, -0.2) is 4.79 Å². The van der Waals surface area contributed by atoms with Gasteiger partial charge in [-0.2, -0.15) is 0 Å². The van der Waals surface area contributed by atoms with Crippen molar-refractivity contribution in [1.29, 1.82) is 0 Å². The number of quaternary nitrogens is 1. The van der Waals surface area contributed by atoms with Gasteiger partial charge in [0.1, 0.15) is 5.60 Å². The van der Waals surface area contributed by atoms with Gasteiger partial charge < -0.3 is 22.9 Å². The topological polar surface area (TPSA) is 53.9 Å². The summed E-state index contributed by atoms with van der Waals surface area (Å²) < 4.78 is 5.11. The van der Waals surface area contributed by atoms with Crippen molar-refractivity contribution in [1.82, 2.24) is 0 Å². The molecule has 0 aliphatic carbocycles. The van der Waals surface area contributed by atoms with Crippen LogP contribution in [0.2, 0.25) is 0 Å². The fraction of sp³-hybridized carbons (Fsp3) is 0.269. The van der Waals surface area contributed by atoms with E-state index < -0.39 is 16.4 Å². The quantitative estimate of drug-likeness (QED) is 0.435. The van der Waals surface area contributed by atoms with Crippen LogP contribution in [-0.4, -0.2) is 23.4 Å². The molecule has 3 N–H and O–H groups in total. The van der Waals surface area contributed by atoms with E-state index in [4.69, 9.17) is 4.74 Å². The van der Waals surface area contributed by atoms with Crippen molar-refractivity contribution in [2.75, 3.05) is 5.75 Å². The molecule has 1 atom stereocenters. The molecule has 0 saturated heterocycles. The van der Waals surface area contributed by atoms with E-state index in [0.29, 0.717) is 5.75 Å². The molecule has 3 aromatic carbocycles. The van der Waals surface area contributed by atoms with E-state index in [-0.39, 0.29) is 18.4 Å². The number of thioether (sulfide) groups is 1. The molecule has 0 fully saturated rings. The number of ether oxygens (including phenoxy) is 1. The van der Waals surface area contributed by atoms with Gasteiger partial charge in [-0.05, 0) is 37.5 Å². The lowest BCUT2D eigenvalue weighted by atomic mass is 9.84. The molecule has 0 aromatic heterocycles. The van der Waals surface area contributed by atoms with Crippen molar-refractivity contribution < 1.29 is 27.7 Å². The minimum Gasteiger partial charge on any atom is -1.00 e. The standard InChI is InChI=1S/C26H29NO2S.ClH/c1-25(2,3)29-24(28)23(27)19-30-26(20-13-7-4-8-14-20,21-15-9-5-10-16-21)22-17-11-6-12-18-22;/h4-18,23H,19,27H2,1-3H3;1H/t23-;/m1./s1. The molecule has 0 amide bonds. The molecule has 3 nitrogen and oxygen atoms in total. The van der Waals surface area contributed by atoms with Gasteiger partial charge in [0, 0.05) is 0 Å². The molecule has 0 unspecified atom stereocenters. The van der Waals surface area contributed by atoms with Gasteiger partial charge >= 0.3 is 5.97 Å². The van der Waals surface area contributed by atoms with Crippen LogP contribution in [0.4, 0.5) is 0 Å². The first-order chi connectivity index (χ1) is 14.3. The van der Waals surface area contributed by atoms with Crippen LogP contribution < -0.4 is 18.1 Å². The number of carbonyl (C=O) groups is 1. The predicted molar refractivity (Wildman–Crippen MR) is 124 cm³/mol. The van der Waals surface area contributed by atoms with Crippen LogP contribution in [0.5, 0.6) is 0 Å². The summed E-state index contributed by atoms with van der Waals surface area (Å²) in [5, 5.41) is 0. The zero-order valence-corrected chi connectivity index (χ0v) is 19.8. The van der Waals surface area contributed by atoms with Gasteiger partial charge in [0.05, 0.1) is 10.5 Å². The molecule has 0 heterocycles. The highest BCUT2D eigenvalue weighted by molar-refractivity contribution is 8.00. The molecule has 0 radical (unpaired) electrons. The Morgan fingerprint density at radius 2 is 1.16 bits per heavy atom. The minimum atomic E-state index is -0.521. The molecule has 164 valence electrons. The first kappa shape index (κ1) is 25.0. The summed E-state index contributed by atoms with van der Waals surface area (Å²) in [4.78, 5) is 12.6. The number of benzene rings is 3. The van der Waals surface area contributed by atoms with Crippen LogP contribution >= 0.6 is 11.8 Å². The molecular weight excluding hydrogens is 426 g/mol. The predicted octanol–water partition coefficient (Wildman–Crippen LogP) is 1.67. The van der Waals surface area contributed by atoms with Gasteiger partial charge in [-0.15, -0.1) is 11.8 Å². The van der Waals surface area contributed by atoms with Gasteiger partial charge in [-0.3, -0.25) is 0 Å². The highest BCUT2D eigenvalue weighted by atomic mass is 35.5. The highest BCUT2D eigenvalue weighted by Gasteiger charge is 2.39. The normalized spacial score (nSPS) is 12.5. The van der Waals surface area contributed by atoms with Crippen molar-refractivity contribution in [3.63, 3.8) is 0 Å². The molecule has 3 aromatic rings. The highest BCUT2D eigenvalue weighted by Crippen LogP contribution is 2.48. The lowest BCUT2D eigenvalue weighted by molar-refractivity contribution is -0.402. The molecule has 0 saturated carbocycles. The maximum Gasteiger partial charge on any atom is 0.366 e. The second-order valence-electron chi connectivity index (χ2n) is 8.32. The maximum absolute atomic E-state index is 12.6. The molecule has 0 aliphatic rings. The minimum absolute atomic E-state index is 0. The van der Waals surface area contributed by atoms with Crippen molar-refractivity contribution in [2.24, 2.45) is 0 Å². The van der Waals surface area contributed by atoms with Crippen LogP contribution in [0.25, 0.3) is 0 Å². The van der Waals surface area contributed by atoms with Gasteiger partial charge in [0.25, 0.3) is 0 Å². The fourth-order valence-electron chi connectivity index (χ4n) is 3.45. The lowest BCUT2D eigenvalue weighted by Crippen LogP contribution is -3.00. The third kappa shape index (κ3) is 6.13. The lowest BCUT2D eigenvalue weighted by Gasteiger charge is -2.35. The Morgan fingerprint density at radius 1 is 0.806 bits per heavy atom. The summed E-state index contributed by atoms with van der Waals surface area (Å²) in [6.07, 6.45) is 0. The third-order valence-corrected chi connectivity index (χ3v) is 6.49. The molecule has 31 heavy (non-hydrogen) atoms. The zero-order valence-electron chi connectivity index (χ0n) is 18.3. The number of halogens is 1.